The Morgan fingerprint density at radius 3 is 2.00 bits per heavy atom. The number of benzene rings is 4. The Hall–Kier alpha value is -5.18. The molecule has 0 aliphatic carbocycles. The quantitative estimate of drug-likeness (QED) is 0.0953. The molecule has 4 aromatic carbocycles. The molecule has 4 N–H and O–H groups in total. The topological polar surface area (TPSA) is 154 Å². The van der Waals surface area contributed by atoms with Gasteiger partial charge in [0.25, 0.3) is 5.91 Å². The van der Waals surface area contributed by atoms with Gasteiger partial charge < -0.3 is 25.8 Å². The number of aliphatic hydroxyl groups is 1. The molecule has 306 valence electrons. The summed E-state index contributed by atoms with van der Waals surface area (Å²) in [6, 6.07) is 24.4. The maximum absolute atomic E-state index is 14.0. The molecule has 5 atom stereocenters. The zero-order valence-electron chi connectivity index (χ0n) is 33.0. The smallest absolute Gasteiger partial charge is 0.251 e. The lowest BCUT2D eigenvalue weighted by atomic mass is 9.91. The molecule has 0 aliphatic heterocycles. The second-order valence-electron chi connectivity index (χ2n) is 14.7. The summed E-state index contributed by atoms with van der Waals surface area (Å²) in [7, 11) is -2.34. The third-order valence-corrected chi connectivity index (χ3v) is 10.9. The summed E-state index contributed by atoms with van der Waals surface area (Å²) in [5.74, 6) is -4.48. The SMILES string of the molecule is CC(C)[C@H](NC(=O)[C@H](C)C[C@H](O)[C@H](COCc1cc(F)cc(F)c1)NC(=O)c1cc([C@H](C)c2ccccc2)cc(N(C)S(C)(=O)=O)c1)C(=O)NCc1ccccc1. The Morgan fingerprint density at radius 2 is 1.40 bits per heavy atom. The fourth-order valence-corrected chi connectivity index (χ4v) is 6.67. The summed E-state index contributed by atoms with van der Waals surface area (Å²) in [4.78, 5) is 40.6. The maximum atomic E-state index is 14.0. The van der Waals surface area contributed by atoms with Crippen molar-refractivity contribution in [2.24, 2.45) is 11.8 Å². The number of sulfonamides is 1. The number of hydrogen-bond donors (Lipinski definition) is 4. The number of amides is 3. The summed E-state index contributed by atoms with van der Waals surface area (Å²) in [6.45, 7) is 6.79. The highest BCUT2D eigenvalue weighted by atomic mass is 32.2. The molecule has 11 nitrogen and oxygen atoms in total. The molecular weight excluding hydrogens is 755 g/mol. The van der Waals surface area contributed by atoms with Gasteiger partial charge in [-0.25, -0.2) is 17.2 Å². The van der Waals surface area contributed by atoms with Gasteiger partial charge in [-0.05, 0) is 64.9 Å². The van der Waals surface area contributed by atoms with Crippen molar-refractivity contribution in [3.63, 3.8) is 0 Å². The third-order valence-electron chi connectivity index (χ3n) is 9.73. The minimum atomic E-state index is -3.72. The molecule has 0 saturated carbocycles. The van der Waals surface area contributed by atoms with Crippen LogP contribution in [0.25, 0.3) is 0 Å². The van der Waals surface area contributed by atoms with E-state index in [4.69, 9.17) is 4.74 Å². The van der Waals surface area contributed by atoms with Crippen LogP contribution < -0.4 is 20.3 Å². The highest BCUT2D eigenvalue weighted by Gasteiger charge is 2.30. The van der Waals surface area contributed by atoms with Gasteiger partial charge in [0.15, 0.2) is 0 Å². The predicted molar refractivity (Wildman–Crippen MR) is 216 cm³/mol. The van der Waals surface area contributed by atoms with Crippen LogP contribution in [0.4, 0.5) is 14.5 Å². The molecule has 3 amide bonds. The van der Waals surface area contributed by atoms with Crippen molar-refractivity contribution in [2.75, 3.05) is 24.2 Å². The van der Waals surface area contributed by atoms with Crippen molar-refractivity contribution in [1.29, 1.82) is 0 Å². The molecule has 0 aromatic heterocycles. The van der Waals surface area contributed by atoms with E-state index in [1.807, 2.05) is 67.6 Å². The van der Waals surface area contributed by atoms with Crippen LogP contribution in [0.1, 0.15) is 72.6 Å². The van der Waals surface area contributed by atoms with E-state index in [2.05, 4.69) is 16.0 Å². The molecule has 4 rings (SSSR count). The lowest BCUT2D eigenvalue weighted by Crippen LogP contribution is -2.52. The van der Waals surface area contributed by atoms with E-state index in [9.17, 15) is 36.7 Å². The van der Waals surface area contributed by atoms with E-state index in [0.29, 0.717) is 5.56 Å². The van der Waals surface area contributed by atoms with Gasteiger partial charge in [-0.15, -0.1) is 0 Å². The Bertz CT molecular complexity index is 2070. The fraction of sp³-hybridized carbons (Fsp3) is 0.372. The number of aliphatic hydroxyl groups excluding tert-OH is 1. The van der Waals surface area contributed by atoms with Gasteiger partial charge in [0, 0.05) is 37.1 Å². The van der Waals surface area contributed by atoms with E-state index in [0.717, 1.165) is 39.9 Å². The lowest BCUT2D eigenvalue weighted by molar-refractivity contribution is -0.132. The average Bonchev–Trinajstić information content (AvgIpc) is 3.17. The molecule has 0 bridgehead atoms. The average molecular weight is 807 g/mol. The van der Waals surface area contributed by atoms with Gasteiger partial charge in [0.05, 0.1) is 37.3 Å². The van der Waals surface area contributed by atoms with E-state index in [1.165, 1.54) is 13.1 Å². The highest BCUT2D eigenvalue weighted by molar-refractivity contribution is 7.92. The van der Waals surface area contributed by atoms with Crippen LogP contribution in [0, 0.1) is 23.5 Å². The van der Waals surface area contributed by atoms with Crippen LogP contribution in [0.15, 0.2) is 97.1 Å². The summed E-state index contributed by atoms with van der Waals surface area (Å²) in [6.07, 6.45) is -0.502. The molecule has 14 heteroatoms. The Labute approximate surface area is 333 Å². The molecule has 0 fully saturated rings. The number of carbonyl (C=O) groups is 3. The van der Waals surface area contributed by atoms with E-state index < -0.39 is 57.6 Å². The van der Waals surface area contributed by atoms with Crippen LogP contribution >= 0.6 is 0 Å². The third kappa shape index (κ3) is 13.2. The van der Waals surface area contributed by atoms with E-state index >= 15 is 0 Å². The molecule has 0 saturated heterocycles. The van der Waals surface area contributed by atoms with Crippen molar-refractivity contribution < 1.29 is 41.4 Å². The fourth-order valence-electron chi connectivity index (χ4n) is 6.18. The van der Waals surface area contributed by atoms with Gasteiger partial charge in [-0.2, -0.15) is 0 Å². The number of nitrogens with one attached hydrogen (secondary N) is 3. The molecule has 57 heavy (non-hydrogen) atoms. The monoisotopic (exact) mass is 806 g/mol. The maximum Gasteiger partial charge on any atom is 0.251 e. The van der Waals surface area contributed by atoms with Gasteiger partial charge in [0.1, 0.15) is 17.7 Å². The van der Waals surface area contributed by atoms with Crippen LogP contribution in [0.3, 0.4) is 0 Å². The first kappa shape index (κ1) is 44.5. The standard InChI is InChI=1S/C43H52F2N4O7S/c1-27(2)40(43(53)46-24-30-13-9-7-10-14-30)48-41(51)28(3)17-39(50)38(26-56-25-31-18-35(44)23-36(45)19-31)47-42(52)34-20-33(29(4)32-15-11-8-12-16-32)21-37(22-34)49(5)57(6,54)55/h7-16,18-23,27-29,38-40,50H,17,24-26H2,1-6H3,(H,46,53)(H,47,52)(H,48,51)/t28-,29-,38+,39+,40+/m1/s1. The van der Waals surface area contributed by atoms with E-state index in [1.54, 1.807) is 32.9 Å². The first-order valence-electron chi connectivity index (χ1n) is 18.7. The summed E-state index contributed by atoms with van der Waals surface area (Å²) >= 11 is 0. The summed E-state index contributed by atoms with van der Waals surface area (Å²) in [5.41, 5.74) is 2.99. The predicted octanol–water partition coefficient (Wildman–Crippen LogP) is 5.67. The van der Waals surface area contributed by atoms with Crippen LogP contribution in [0.5, 0.6) is 0 Å². The number of ether oxygens (including phenoxy) is 1. The van der Waals surface area contributed by atoms with Gasteiger partial charge >= 0.3 is 0 Å². The number of carbonyl (C=O) groups excluding carboxylic acids is 3. The zero-order chi connectivity index (χ0) is 41.9. The number of halogens is 2. The largest absolute Gasteiger partial charge is 0.391 e. The van der Waals surface area contributed by atoms with Gasteiger partial charge in [-0.3, -0.25) is 18.7 Å². The lowest BCUT2D eigenvalue weighted by Gasteiger charge is -2.28. The van der Waals surface area contributed by atoms with Crippen LogP contribution in [-0.2, 0) is 37.5 Å². The van der Waals surface area contributed by atoms with Crippen LogP contribution in [-0.4, -0.2) is 69.3 Å². The Morgan fingerprint density at radius 1 is 0.789 bits per heavy atom. The zero-order valence-corrected chi connectivity index (χ0v) is 33.9. The molecule has 4 aromatic rings. The first-order chi connectivity index (χ1) is 26.9. The minimum Gasteiger partial charge on any atom is -0.391 e. The normalized spacial score (nSPS) is 14.2. The number of anilines is 1. The molecule has 0 heterocycles. The Balaban J connectivity index is 1.56. The highest BCUT2D eigenvalue weighted by Crippen LogP contribution is 2.30. The summed E-state index contributed by atoms with van der Waals surface area (Å²) < 4.78 is 59.8. The second kappa shape index (κ2) is 20.3. The van der Waals surface area contributed by atoms with Crippen molar-refractivity contribution in [3.05, 3.63) is 137 Å². The molecule has 0 spiro atoms. The molecule has 0 radical (unpaired) electrons. The van der Waals surface area contributed by atoms with E-state index in [-0.39, 0.29) is 60.7 Å². The van der Waals surface area contributed by atoms with Gasteiger partial charge in [0.2, 0.25) is 21.8 Å². The number of rotatable bonds is 19. The molecule has 0 aliphatic rings. The second-order valence-corrected chi connectivity index (χ2v) is 16.7. The van der Waals surface area contributed by atoms with Crippen molar-refractivity contribution >= 4 is 33.4 Å². The number of hydrogen-bond acceptors (Lipinski definition) is 7. The van der Waals surface area contributed by atoms with Crippen molar-refractivity contribution in [1.82, 2.24) is 16.0 Å². The van der Waals surface area contributed by atoms with Crippen molar-refractivity contribution in [2.45, 2.75) is 71.4 Å². The molecular formula is C43H52F2N4O7S. The first-order valence-corrected chi connectivity index (χ1v) is 20.5. The van der Waals surface area contributed by atoms with Crippen LogP contribution in [0.2, 0.25) is 0 Å². The Kier molecular flexibility index (Phi) is 15.9. The molecule has 0 unspecified atom stereocenters. The van der Waals surface area contributed by atoms with Crippen molar-refractivity contribution in [3.8, 4) is 0 Å². The summed E-state index contributed by atoms with van der Waals surface area (Å²) in [5, 5.41) is 20.0. The van der Waals surface area contributed by atoms with Gasteiger partial charge in [-0.1, -0.05) is 88.4 Å². The number of nitrogens with zero attached hydrogens (tertiary/aromatic N) is 1. The minimum absolute atomic E-state index is 0.0947.